The quantitative estimate of drug-likeness (QED) is 0.661. The highest BCUT2D eigenvalue weighted by atomic mass is 19.4. The van der Waals surface area contributed by atoms with Gasteiger partial charge >= 0.3 is 6.18 Å². The van der Waals surface area contributed by atoms with Crippen LogP contribution in [0.25, 0.3) is 0 Å². The summed E-state index contributed by atoms with van der Waals surface area (Å²) in [6.07, 6.45) is -2.49. The van der Waals surface area contributed by atoms with Crippen LogP contribution in [0.2, 0.25) is 0 Å². The monoisotopic (exact) mass is 228 g/mol. The maximum absolute atomic E-state index is 12.3. The molecular formula is C13H15F3. The Bertz CT molecular complexity index is 346. The van der Waals surface area contributed by atoms with E-state index in [4.69, 9.17) is 0 Å². The first kappa shape index (κ1) is 12.8. The molecule has 0 saturated carbocycles. The molecule has 0 amide bonds. The van der Waals surface area contributed by atoms with Gasteiger partial charge in [-0.3, -0.25) is 0 Å². The van der Waals surface area contributed by atoms with E-state index in [0.717, 1.165) is 17.7 Å². The van der Waals surface area contributed by atoms with Gasteiger partial charge < -0.3 is 0 Å². The minimum Gasteiger partial charge on any atom is -0.166 e. The summed E-state index contributed by atoms with van der Waals surface area (Å²) in [7, 11) is 0. The lowest BCUT2D eigenvalue weighted by atomic mass is 9.88. The summed E-state index contributed by atoms with van der Waals surface area (Å²) in [4.78, 5) is 0. The van der Waals surface area contributed by atoms with Gasteiger partial charge in [0.1, 0.15) is 0 Å². The molecule has 0 fully saturated rings. The van der Waals surface area contributed by atoms with Crippen LogP contribution in [0.5, 0.6) is 0 Å². The molecule has 1 rings (SSSR count). The molecule has 16 heavy (non-hydrogen) atoms. The average Bonchev–Trinajstić information content (AvgIpc) is 2.17. The second-order valence-electron chi connectivity index (χ2n) is 4.13. The first-order valence-electron chi connectivity index (χ1n) is 5.16. The highest BCUT2D eigenvalue weighted by molar-refractivity contribution is 5.29. The highest BCUT2D eigenvalue weighted by Crippen LogP contribution is 2.31. The molecule has 0 aliphatic rings. The van der Waals surface area contributed by atoms with E-state index >= 15 is 0 Å². The first-order chi connectivity index (χ1) is 7.36. The van der Waals surface area contributed by atoms with Crippen LogP contribution in [0.4, 0.5) is 13.2 Å². The van der Waals surface area contributed by atoms with E-state index in [2.05, 4.69) is 6.58 Å². The topological polar surface area (TPSA) is 0 Å². The second-order valence-corrected chi connectivity index (χ2v) is 4.13. The fraction of sp³-hybridized carbons (Fsp3) is 0.385. The Balaban J connectivity index is 2.98. The van der Waals surface area contributed by atoms with Crippen LogP contribution in [-0.2, 0) is 6.18 Å². The van der Waals surface area contributed by atoms with Crippen LogP contribution in [0, 0.1) is 5.92 Å². The number of hydrogen-bond donors (Lipinski definition) is 0. The number of hydrogen-bond acceptors (Lipinski definition) is 0. The van der Waals surface area contributed by atoms with Crippen molar-refractivity contribution in [3.8, 4) is 0 Å². The summed E-state index contributed by atoms with van der Waals surface area (Å²) in [6.45, 7) is 7.74. The van der Waals surface area contributed by atoms with Gasteiger partial charge in [-0.1, -0.05) is 32.1 Å². The second kappa shape index (κ2) is 4.73. The highest BCUT2D eigenvalue weighted by Gasteiger charge is 2.30. The fourth-order valence-electron chi connectivity index (χ4n) is 1.69. The molecule has 0 radical (unpaired) electrons. The summed E-state index contributed by atoms with van der Waals surface area (Å²) in [5.74, 6) is 0.427. The molecule has 1 atom stereocenters. The van der Waals surface area contributed by atoms with Crippen molar-refractivity contribution in [2.45, 2.75) is 25.9 Å². The molecule has 0 N–H and O–H groups in total. The molecule has 1 aromatic carbocycles. The van der Waals surface area contributed by atoms with Crippen LogP contribution in [0.15, 0.2) is 36.9 Å². The van der Waals surface area contributed by atoms with Crippen molar-refractivity contribution in [1.82, 2.24) is 0 Å². The number of alkyl halides is 3. The van der Waals surface area contributed by atoms with Crippen LogP contribution >= 0.6 is 0 Å². The van der Waals surface area contributed by atoms with Crippen molar-refractivity contribution < 1.29 is 13.2 Å². The minimum atomic E-state index is -4.26. The molecule has 3 heteroatoms. The molecule has 1 aromatic rings. The molecule has 0 saturated heterocycles. The zero-order chi connectivity index (χ0) is 12.3. The van der Waals surface area contributed by atoms with Crippen LogP contribution in [-0.4, -0.2) is 0 Å². The van der Waals surface area contributed by atoms with E-state index < -0.39 is 11.7 Å². The standard InChI is InChI=1S/C13H15F3/c1-4-12(9(2)3)10-5-7-11(8-6-10)13(14,15)16/h4-9,12H,1H2,2-3H3/t12-/m0/s1. The maximum Gasteiger partial charge on any atom is 0.416 e. The predicted molar refractivity (Wildman–Crippen MR) is 59.2 cm³/mol. The van der Waals surface area contributed by atoms with Crippen LogP contribution in [0.1, 0.15) is 30.9 Å². The average molecular weight is 228 g/mol. The number of halogens is 3. The van der Waals surface area contributed by atoms with E-state index in [1.54, 1.807) is 6.08 Å². The predicted octanol–water partition coefficient (Wildman–Crippen LogP) is 4.63. The van der Waals surface area contributed by atoms with Crippen molar-refractivity contribution in [1.29, 1.82) is 0 Å². The lowest BCUT2D eigenvalue weighted by molar-refractivity contribution is -0.137. The molecule has 0 aromatic heterocycles. The Labute approximate surface area is 93.8 Å². The van der Waals surface area contributed by atoms with Crippen LogP contribution < -0.4 is 0 Å². The summed E-state index contributed by atoms with van der Waals surface area (Å²) in [5.41, 5.74) is 0.265. The lowest BCUT2D eigenvalue weighted by Gasteiger charge is -2.17. The van der Waals surface area contributed by atoms with Gasteiger partial charge in [0.05, 0.1) is 5.56 Å². The zero-order valence-corrected chi connectivity index (χ0v) is 9.38. The van der Waals surface area contributed by atoms with Crippen molar-refractivity contribution in [2.75, 3.05) is 0 Å². The number of allylic oxidation sites excluding steroid dienone is 1. The maximum atomic E-state index is 12.3. The minimum absolute atomic E-state index is 0.0993. The van der Waals surface area contributed by atoms with Crippen molar-refractivity contribution in [2.24, 2.45) is 5.92 Å². The molecule has 0 unspecified atom stereocenters. The Morgan fingerprint density at radius 3 is 1.94 bits per heavy atom. The Morgan fingerprint density at radius 2 is 1.62 bits per heavy atom. The van der Waals surface area contributed by atoms with Gasteiger partial charge in [0.25, 0.3) is 0 Å². The van der Waals surface area contributed by atoms with E-state index in [-0.39, 0.29) is 5.92 Å². The largest absolute Gasteiger partial charge is 0.416 e. The first-order valence-corrected chi connectivity index (χ1v) is 5.16. The molecule has 0 spiro atoms. The van der Waals surface area contributed by atoms with E-state index in [1.807, 2.05) is 13.8 Å². The molecule has 0 heterocycles. The third kappa shape index (κ3) is 2.87. The summed E-state index contributed by atoms with van der Waals surface area (Å²) in [5, 5.41) is 0. The Kier molecular flexibility index (Phi) is 3.79. The molecule has 0 aliphatic heterocycles. The zero-order valence-electron chi connectivity index (χ0n) is 9.38. The van der Waals surface area contributed by atoms with Gasteiger partial charge in [-0.2, -0.15) is 13.2 Å². The smallest absolute Gasteiger partial charge is 0.166 e. The SMILES string of the molecule is C=C[C@H](c1ccc(C(F)(F)F)cc1)C(C)C. The Morgan fingerprint density at radius 1 is 1.12 bits per heavy atom. The summed E-state index contributed by atoms with van der Waals surface area (Å²) >= 11 is 0. The third-order valence-electron chi connectivity index (χ3n) is 2.60. The molecule has 0 nitrogen and oxygen atoms in total. The van der Waals surface area contributed by atoms with Gasteiger partial charge in [0, 0.05) is 5.92 Å². The van der Waals surface area contributed by atoms with Crippen molar-refractivity contribution in [3.05, 3.63) is 48.0 Å². The number of rotatable bonds is 3. The molecule has 0 aliphatic carbocycles. The third-order valence-corrected chi connectivity index (χ3v) is 2.60. The number of benzene rings is 1. The summed E-state index contributed by atoms with van der Waals surface area (Å²) in [6, 6.07) is 5.28. The van der Waals surface area contributed by atoms with Gasteiger partial charge in [-0.05, 0) is 23.6 Å². The van der Waals surface area contributed by atoms with E-state index in [1.165, 1.54) is 12.1 Å². The van der Waals surface area contributed by atoms with E-state index in [0.29, 0.717) is 5.92 Å². The van der Waals surface area contributed by atoms with Gasteiger partial charge in [0.15, 0.2) is 0 Å². The Hall–Kier alpha value is -1.25. The van der Waals surface area contributed by atoms with Crippen molar-refractivity contribution >= 4 is 0 Å². The van der Waals surface area contributed by atoms with Gasteiger partial charge in [-0.25, -0.2) is 0 Å². The molecule has 0 bridgehead atoms. The van der Waals surface area contributed by atoms with Crippen LogP contribution in [0.3, 0.4) is 0 Å². The molecular weight excluding hydrogens is 213 g/mol. The fourth-order valence-corrected chi connectivity index (χ4v) is 1.69. The normalized spacial score (nSPS) is 13.9. The van der Waals surface area contributed by atoms with Crippen molar-refractivity contribution in [3.63, 3.8) is 0 Å². The van der Waals surface area contributed by atoms with Gasteiger partial charge in [0.2, 0.25) is 0 Å². The van der Waals surface area contributed by atoms with E-state index in [9.17, 15) is 13.2 Å². The summed E-state index contributed by atoms with van der Waals surface area (Å²) < 4.78 is 37.0. The molecule has 88 valence electrons. The lowest BCUT2D eigenvalue weighted by Crippen LogP contribution is -2.07. The van der Waals surface area contributed by atoms with Gasteiger partial charge in [-0.15, -0.1) is 6.58 Å².